The van der Waals surface area contributed by atoms with E-state index < -0.39 is 0 Å². The molecule has 3 rings (SSSR count). The highest BCUT2D eigenvalue weighted by molar-refractivity contribution is 8.26. The smallest absolute Gasteiger partial charge is 0.266 e. The number of amides is 1. The summed E-state index contributed by atoms with van der Waals surface area (Å²) < 4.78 is 12.3. The molecule has 1 amide bonds. The Morgan fingerprint density at radius 1 is 1.10 bits per heavy atom. The molecule has 0 radical (unpaired) electrons. The zero-order chi connectivity index (χ0) is 21.5. The molecular formula is C24H25NO3S2. The normalized spacial score (nSPS) is 15.0. The van der Waals surface area contributed by atoms with Crippen molar-refractivity contribution in [1.82, 2.24) is 4.90 Å². The maximum atomic E-state index is 12.5. The van der Waals surface area contributed by atoms with Crippen molar-refractivity contribution in [3.05, 3.63) is 76.7 Å². The van der Waals surface area contributed by atoms with Crippen LogP contribution >= 0.6 is 24.0 Å². The van der Waals surface area contributed by atoms with Crippen LogP contribution in [0.4, 0.5) is 0 Å². The van der Waals surface area contributed by atoms with Gasteiger partial charge in [-0.05, 0) is 49.2 Å². The number of nitrogens with zero attached hydrogens (tertiary/aromatic N) is 1. The molecule has 0 atom stereocenters. The number of thiocarbonyl (C=S) groups is 1. The molecule has 156 valence electrons. The van der Waals surface area contributed by atoms with Crippen molar-refractivity contribution in [3.8, 4) is 11.5 Å². The van der Waals surface area contributed by atoms with Gasteiger partial charge in [-0.2, -0.15) is 0 Å². The van der Waals surface area contributed by atoms with Gasteiger partial charge in [-0.1, -0.05) is 54.3 Å². The molecule has 0 saturated carbocycles. The molecule has 1 heterocycles. The van der Waals surface area contributed by atoms with Crippen molar-refractivity contribution in [3.63, 3.8) is 0 Å². The van der Waals surface area contributed by atoms with Crippen LogP contribution in [0.5, 0.6) is 11.5 Å². The fourth-order valence-corrected chi connectivity index (χ4v) is 4.37. The van der Waals surface area contributed by atoms with Crippen molar-refractivity contribution in [1.29, 1.82) is 0 Å². The second-order valence-corrected chi connectivity index (χ2v) is 8.67. The lowest BCUT2D eigenvalue weighted by atomic mass is 10.1. The number of rotatable bonds is 9. The lowest BCUT2D eigenvalue weighted by Gasteiger charge is -2.11. The predicted molar refractivity (Wildman–Crippen MR) is 128 cm³/mol. The SMILES string of the molecule is C=CCN1C(=O)/C(=C\c2ccccc2OCCCOc2cc(C)cc(C)c2)SC1=S. The molecular weight excluding hydrogens is 414 g/mol. The molecule has 0 unspecified atom stereocenters. The first-order chi connectivity index (χ1) is 14.5. The van der Waals surface area contributed by atoms with Gasteiger partial charge in [0, 0.05) is 18.5 Å². The average Bonchev–Trinajstić information content (AvgIpc) is 2.96. The van der Waals surface area contributed by atoms with E-state index >= 15 is 0 Å². The van der Waals surface area contributed by atoms with E-state index in [2.05, 4.69) is 26.5 Å². The average molecular weight is 440 g/mol. The van der Waals surface area contributed by atoms with Gasteiger partial charge in [-0.3, -0.25) is 9.69 Å². The Labute approximate surface area is 187 Å². The predicted octanol–water partition coefficient (Wildman–Crippen LogP) is 5.54. The first-order valence-corrected chi connectivity index (χ1v) is 11.0. The third-order valence-electron chi connectivity index (χ3n) is 4.40. The number of thioether (sulfide) groups is 1. The minimum Gasteiger partial charge on any atom is -0.493 e. The van der Waals surface area contributed by atoms with Crippen LogP contribution in [0.3, 0.4) is 0 Å². The lowest BCUT2D eigenvalue weighted by molar-refractivity contribution is -0.121. The Morgan fingerprint density at radius 2 is 1.80 bits per heavy atom. The largest absolute Gasteiger partial charge is 0.493 e. The standard InChI is InChI=1S/C24H25NO3S2/c1-4-10-25-23(26)22(30-24(25)29)16-19-8-5-6-9-21(19)28-12-7-11-27-20-14-17(2)13-18(3)15-20/h4-6,8-9,13-16H,1,7,10-12H2,2-3H3/b22-16+. The Hall–Kier alpha value is -2.57. The molecule has 1 saturated heterocycles. The Kier molecular flexibility index (Phi) is 7.71. The minimum atomic E-state index is -0.0958. The highest BCUT2D eigenvalue weighted by atomic mass is 32.2. The number of hydrogen-bond donors (Lipinski definition) is 0. The molecule has 0 bridgehead atoms. The highest BCUT2D eigenvalue weighted by Crippen LogP contribution is 2.34. The lowest BCUT2D eigenvalue weighted by Crippen LogP contribution is -2.27. The number of ether oxygens (including phenoxy) is 2. The molecule has 1 fully saturated rings. The summed E-state index contributed by atoms with van der Waals surface area (Å²) in [6.45, 7) is 9.31. The van der Waals surface area contributed by atoms with Crippen LogP contribution in [-0.4, -0.2) is 34.9 Å². The first-order valence-electron chi connectivity index (χ1n) is 9.77. The monoisotopic (exact) mass is 439 g/mol. The van der Waals surface area contributed by atoms with Gasteiger partial charge in [0.15, 0.2) is 0 Å². The Balaban J connectivity index is 1.57. The van der Waals surface area contributed by atoms with Gasteiger partial charge < -0.3 is 9.47 Å². The van der Waals surface area contributed by atoms with Crippen LogP contribution in [0.25, 0.3) is 6.08 Å². The van der Waals surface area contributed by atoms with Crippen LogP contribution < -0.4 is 9.47 Å². The minimum absolute atomic E-state index is 0.0958. The van der Waals surface area contributed by atoms with Crippen LogP contribution in [0.15, 0.2) is 60.0 Å². The van der Waals surface area contributed by atoms with Gasteiger partial charge in [0.1, 0.15) is 15.8 Å². The van der Waals surface area contributed by atoms with E-state index in [1.165, 1.54) is 22.9 Å². The fraction of sp³-hybridized carbons (Fsp3) is 0.250. The van der Waals surface area contributed by atoms with Crippen molar-refractivity contribution in [2.45, 2.75) is 20.3 Å². The van der Waals surface area contributed by atoms with Gasteiger partial charge in [0.2, 0.25) is 0 Å². The highest BCUT2D eigenvalue weighted by Gasteiger charge is 2.31. The van der Waals surface area contributed by atoms with Gasteiger partial charge in [-0.15, -0.1) is 6.58 Å². The Bertz CT molecular complexity index is 964. The van der Waals surface area contributed by atoms with Crippen LogP contribution in [0.2, 0.25) is 0 Å². The number of aryl methyl sites for hydroxylation is 2. The summed E-state index contributed by atoms with van der Waals surface area (Å²) in [6, 6.07) is 13.9. The number of carbonyl (C=O) groups excluding carboxylic acids is 1. The molecule has 2 aromatic carbocycles. The van der Waals surface area contributed by atoms with Gasteiger partial charge in [0.25, 0.3) is 5.91 Å². The van der Waals surface area contributed by atoms with Gasteiger partial charge in [-0.25, -0.2) is 0 Å². The van der Waals surface area contributed by atoms with Crippen molar-refractivity contribution >= 4 is 40.3 Å². The summed E-state index contributed by atoms with van der Waals surface area (Å²) in [5.74, 6) is 1.52. The van der Waals surface area contributed by atoms with Crippen molar-refractivity contribution < 1.29 is 14.3 Å². The zero-order valence-corrected chi connectivity index (χ0v) is 18.9. The molecule has 30 heavy (non-hydrogen) atoms. The molecule has 1 aliphatic heterocycles. The van der Waals surface area contributed by atoms with Gasteiger partial charge >= 0.3 is 0 Å². The summed E-state index contributed by atoms with van der Waals surface area (Å²) in [7, 11) is 0. The van der Waals surface area contributed by atoms with E-state index in [0.717, 1.165) is 23.5 Å². The molecule has 0 N–H and O–H groups in total. The van der Waals surface area contributed by atoms with Crippen LogP contribution in [0.1, 0.15) is 23.1 Å². The quantitative estimate of drug-likeness (QED) is 0.222. The third-order valence-corrected chi connectivity index (χ3v) is 5.78. The maximum absolute atomic E-state index is 12.5. The van der Waals surface area contributed by atoms with Gasteiger partial charge in [0.05, 0.1) is 18.1 Å². The van der Waals surface area contributed by atoms with Crippen molar-refractivity contribution in [2.24, 2.45) is 0 Å². The maximum Gasteiger partial charge on any atom is 0.266 e. The zero-order valence-electron chi connectivity index (χ0n) is 17.2. The summed E-state index contributed by atoms with van der Waals surface area (Å²) in [5, 5.41) is 0. The third kappa shape index (κ3) is 5.74. The molecule has 1 aliphatic rings. The first kappa shape index (κ1) is 22.1. The second-order valence-electron chi connectivity index (χ2n) is 6.99. The molecule has 4 nitrogen and oxygen atoms in total. The van der Waals surface area contributed by atoms with E-state index in [9.17, 15) is 4.79 Å². The number of hydrogen-bond acceptors (Lipinski definition) is 5. The number of para-hydroxylation sites is 1. The van der Waals surface area contributed by atoms with E-state index in [4.69, 9.17) is 21.7 Å². The second kappa shape index (κ2) is 10.5. The number of carbonyl (C=O) groups is 1. The summed E-state index contributed by atoms with van der Waals surface area (Å²) in [4.78, 5) is 14.7. The molecule has 0 aliphatic carbocycles. The molecule has 2 aromatic rings. The number of benzene rings is 2. The molecule has 0 aromatic heterocycles. The fourth-order valence-electron chi connectivity index (χ4n) is 3.11. The van der Waals surface area contributed by atoms with Crippen molar-refractivity contribution in [2.75, 3.05) is 19.8 Å². The topological polar surface area (TPSA) is 38.8 Å². The summed E-state index contributed by atoms with van der Waals surface area (Å²) in [6.07, 6.45) is 4.26. The molecule has 6 heteroatoms. The molecule has 0 spiro atoms. The van der Waals surface area contributed by atoms with E-state index in [1.54, 1.807) is 11.0 Å². The van der Waals surface area contributed by atoms with Crippen LogP contribution in [0, 0.1) is 13.8 Å². The summed E-state index contributed by atoms with van der Waals surface area (Å²) in [5.41, 5.74) is 3.23. The Morgan fingerprint density at radius 3 is 2.53 bits per heavy atom. The van der Waals surface area contributed by atoms with E-state index in [0.29, 0.717) is 29.0 Å². The van der Waals surface area contributed by atoms with E-state index in [-0.39, 0.29) is 5.91 Å². The van der Waals surface area contributed by atoms with Crippen LogP contribution in [-0.2, 0) is 4.79 Å². The van der Waals surface area contributed by atoms with E-state index in [1.807, 2.05) is 42.5 Å². The summed E-state index contributed by atoms with van der Waals surface area (Å²) >= 11 is 6.60.